The minimum atomic E-state index is 0.227. The van der Waals surface area contributed by atoms with Gasteiger partial charge in [0.25, 0.3) is 0 Å². The second kappa shape index (κ2) is 7.69. The van der Waals surface area contributed by atoms with Crippen molar-refractivity contribution in [1.82, 2.24) is 0 Å². The maximum Gasteiger partial charge on any atom is 0.159 e. The molecule has 1 aromatic rings. The number of Topliss-reactive ketones (excluding diaryl/α,β-unsaturated/α-hetero) is 1. The van der Waals surface area contributed by atoms with Gasteiger partial charge in [0.2, 0.25) is 0 Å². The van der Waals surface area contributed by atoms with E-state index in [1.54, 1.807) is 0 Å². The fourth-order valence-electron chi connectivity index (χ4n) is 3.81. The molecule has 1 heterocycles. The van der Waals surface area contributed by atoms with Gasteiger partial charge in [0.05, 0.1) is 6.61 Å². The number of allylic oxidation sites excluding steroid dienone is 3. The molecular weight excluding hydrogens is 308 g/mol. The molecule has 2 heteroatoms. The van der Waals surface area contributed by atoms with Gasteiger partial charge in [-0.25, -0.2) is 0 Å². The van der Waals surface area contributed by atoms with E-state index in [0.717, 1.165) is 41.7 Å². The van der Waals surface area contributed by atoms with Gasteiger partial charge in [0, 0.05) is 17.9 Å². The van der Waals surface area contributed by atoms with Crippen molar-refractivity contribution < 1.29 is 9.53 Å². The molecule has 0 fully saturated rings. The minimum absolute atomic E-state index is 0.227. The van der Waals surface area contributed by atoms with Gasteiger partial charge in [-0.05, 0) is 43.8 Å². The topological polar surface area (TPSA) is 26.3 Å². The highest BCUT2D eigenvalue weighted by molar-refractivity contribution is 5.97. The van der Waals surface area contributed by atoms with Crippen LogP contribution in [0.3, 0.4) is 0 Å². The molecule has 0 N–H and O–H groups in total. The molecule has 25 heavy (non-hydrogen) atoms. The molecule has 130 valence electrons. The zero-order valence-corrected chi connectivity index (χ0v) is 15.0. The first kappa shape index (κ1) is 17.5. The monoisotopic (exact) mass is 334 g/mol. The van der Waals surface area contributed by atoms with E-state index in [1.165, 1.54) is 11.1 Å². The third kappa shape index (κ3) is 3.68. The summed E-state index contributed by atoms with van der Waals surface area (Å²) in [5.74, 6) is 1.48. The molecule has 0 bridgehead atoms. The van der Waals surface area contributed by atoms with Crippen LogP contribution in [0.15, 0.2) is 71.9 Å². The Bertz CT molecular complexity index is 750. The summed E-state index contributed by atoms with van der Waals surface area (Å²) in [6, 6.07) is 10.2. The van der Waals surface area contributed by atoms with Gasteiger partial charge in [0.1, 0.15) is 5.76 Å². The van der Waals surface area contributed by atoms with Crippen molar-refractivity contribution in [3.63, 3.8) is 0 Å². The first-order chi connectivity index (χ1) is 12.1. The fraction of sp³-hybridized carbons (Fsp3) is 0.348. The Labute approximate surface area is 150 Å². The number of hydrogen-bond donors (Lipinski definition) is 0. The predicted molar refractivity (Wildman–Crippen MR) is 103 cm³/mol. The smallest absolute Gasteiger partial charge is 0.159 e. The van der Waals surface area contributed by atoms with E-state index in [1.807, 2.05) is 24.3 Å². The number of ketones is 1. The lowest BCUT2D eigenvalue weighted by atomic mass is 9.81. The molecule has 1 unspecified atom stereocenters. The average molecular weight is 334 g/mol. The molecule has 0 amide bonds. The molecule has 1 atom stereocenters. The Kier molecular flexibility index (Phi) is 5.37. The molecule has 3 rings (SSSR count). The lowest BCUT2D eigenvalue weighted by Gasteiger charge is -2.21. The quantitative estimate of drug-likeness (QED) is 0.630. The summed E-state index contributed by atoms with van der Waals surface area (Å²) in [7, 11) is 0. The summed E-state index contributed by atoms with van der Waals surface area (Å²) in [6.07, 6.45) is 5.91. The van der Waals surface area contributed by atoms with Crippen LogP contribution in [0.4, 0.5) is 0 Å². The molecule has 0 saturated heterocycles. The molecule has 0 radical (unpaired) electrons. The molecule has 1 aromatic carbocycles. The number of carbonyl (C=O) groups is 1. The maximum atomic E-state index is 12.4. The highest BCUT2D eigenvalue weighted by Crippen LogP contribution is 2.41. The second-order valence-electron chi connectivity index (χ2n) is 6.96. The molecular formula is C23H26O2. The van der Waals surface area contributed by atoms with Crippen LogP contribution in [-0.2, 0) is 9.53 Å². The summed E-state index contributed by atoms with van der Waals surface area (Å²) < 4.78 is 6.08. The Balaban J connectivity index is 2.03. The molecule has 1 aliphatic heterocycles. The van der Waals surface area contributed by atoms with Gasteiger partial charge < -0.3 is 4.74 Å². The van der Waals surface area contributed by atoms with E-state index in [4.69, 9.17) is 4.74 Å². The Morgan fingerprint density at radius 3 is 2.72 bits per heavy atom. The van der Waals surface area contributed by atoms with Crippen molar-refractivity contribution in [3.8, 4) is 0 Å². The highest BCUT2D eigenvalue weighted by Gasteiger charge is 2.31. The normalized spacial score (nSPS) is 20.7. The van der Waals surface area contributed by atoms with Gasteiger partial charge >= 0.3 is 0 Å². The SMILES string of the molecule is C=CCC1=C(CC2=C(c3ccccc3)OCC2C(=C)C)CCCC1=O. The highest BCUT2D eigenvalue weighted by atomic mass is 16.5. The Hall–Kier alpha value is -2.35. The van der Waals surface area contributed by atoms with Crippen LogP contribution in [0, 0.1) is 5.92 Å². The second-order valence-corrected chi connectivity index (χ2v) is 6.96. The Morgan fingerprint density at radius 1 is 1.28 bits per heavy atom. The molecule has 2 nitrogen and oxygen atoms in total. The van der Waals surface area contributed by atoms with Crippen LogP contribution in [-0.4, -0.2) is 12.4 Å². The summed E-state index contributed by atoms with van der Waals surface area (Å²) in [5, 5.41) is 0. The first-order valence-corrected chi connectivity index (χ1v) is 9.03. The molecule has 0 spiro atoms. The third-order valence-electron chi connectivity index (χ3n) is 5.14. The first-order valence-electron chi connectivity index (χ1n) is 9.03. The lowest BCUT2D eigenvalue weighted by molar-refractivity contribution is -0.116. The summed E-state index contributed by atoms with van der Waals surface area (Å²) in [4.78, 5) is 12.4. The van der Waals surface area contributed by atoms with Gasteiger partial charge in [-0.2, -0.15) is 0 Å². The van der Waals surface area contributed by atoms with Crippen molar-refractivity contribution in [3.05, 3.63) is 77.4 Å². The fourth-order valence-corrected chi connectivity index (χ4v) is 3.81. The third-order valence-corrected chi connectivity index (χ3v) is 5.14. The van der Waals surface area contributed by atoms with Crippen molar-refractivity contribution in [2.75, 3.05) is 6.61 Å². The number of benzene rings is 1. The van der Waals surface area contributed by atoms with Crippen LogP contribution in [0.25, 0.3) is 5.76 Å². The van der Waals surface area contributed by atoms with Crippen LogP contribution >= 0.6 is 0 Å². The predicted octanol–water partition coefficient (Wildman–Crippen LogP) is 5.64. The molecule has 0 saturated carbocycles. The van der Waals surface area contributed by atoms with Crippen molar-refractivity contribution in [2.24, 2.45) is 5.92 Å². The van der Waals surface area contributed by atoms with Crippen LogP contribution in [0.5, 0.6) is 0 Å². The average Bonchev–Trinajstić information content (AvgIpc) is 3.02. The van der Waals surface area contributed by atoms with E-state index in [9.17, 15) is 4.79 Å². The zero-order chi connectivity index (χ0) is 17.8. The van der Waals surface area contributed by atoms with Crippen LogP contribution in [0.2, 0.25) is 0 Å². The zero-order valence-electron chi connectivity index (χ0n) is 15.0. The lowest BCUT2D eigenvalue weighted by Crippen LogP contribution is -2.14. The van der Waals surface area contributed by atoms with Crippen LogP contribution in [0.1, 0.15) is 44.6 Å². The van der Waals surface area contributed by atoms with E-state index < -0.39 is 0 Å². The number of carbonyl (C=O) groups excluding carboxylic acids is 1. The van der Waals surface area contributed by atoms with Crippen molar-refractivity contribution in [2.45, 2.75) is 39.0 Å². The van der Waals surface area contributed by atoms with Gasteiger partial charge in [-0.3, -0.25) is 4.79 Å². The van der Waals surface area contributed by atoms with Gasteiger partial charge in [-0.1, -0.05) is 54.1 Å². The van der Waals surface area contributed by atoms with Gasteiger partial charge in [0.15, 0.2) is 5.78 Å². The molecule has 1 aliphatic carbocycles. The summed E-state index contributed by atoms with van der Waals surface area (Å²) >= 11 is 0. The van der Waals surface area contributed by atoms with Gasteiger partial charge in [-0.15, -0.1) is 6.58 Å². The molecule has 2 aliphatic rings. The largest absolute Gasteiger partial charge is 0.492 e. The van der Waals surface area contributed by atoms with E-state index in [-0.39, 0.29) is 11.7 Å². The summed E-state index contributed by atoms with van der Waals surface area (Å²) in [5.41, 5.74) is 5.72. The van der Waals surface area contributed by atoms with Crippen molar-refractivity contribution >= 4 is 11.5 Å². The minimum Gasteiger partial charge on any atom is -0.492 e. The van der Waals surface area contributed by atoms with E-state index in [0.29, 0.717) is 19.4 Å². The Morgan fingerprint density at radius 2 is 2.04 bits per heavy atom. The number of ether oxygens (including phenoxy) is 1. The van der Waals surface area contributed by atoms with Crippen LogP contribution < -0.4 is 0 Å². The molecule has 0 aromatic heterocycles. The van der Waals surface area contributed by atoms with E-state index >= 15 is 0 Å². The maximum absolute atomic E-state index is 12.4. The summed E-state index contributed by atoms with van der Waals surface area (Å²) in [6.45, 7) is 10.7. The standard InChI is InChI=1S/C23H26O2/c1-4-9-19-18(12-8-13-22(19)24)14-20-21(16(2)3)15-25-23(20)17-10-6-5-7-11-17/h4-7,10-11,21H,1-2,8-9,12-15H2,3H3. The number of rotatable bonds is 6. The van der Waals surface area contributed by atoms with Crippen molar-refractivity contribution in [1.29, 1.82) is 0 Å². The number of hydrogen-bond acceptors (Lipinski definition) is 2. The van der Waals surface area contributed by atoms with E-state index in [2.05, 4.69) is 32.2 Å².